The van der Waals surface area contributed by atoms with Crippen molar-refractivity contribution in [2.24, 2.45) is 0 Å². The molecule has 0 aromatic carbocycles. The molecular weight excluding hydrogens is 222 g/mol. The summed E-state index contributed by atoms with van der Waals surface area (Å²) in [6, 6.07) is 0. The first-order valence-electron chi connectivity index (χ1n) is 3.40. The summed E-state index contributed by atoms with van der Waals surface area (Å²) in [6.07, 6.45) is 0. The van der Waals surface area contributed by atoms with Crippen molar-refractivity contribution >= 4 is 32.4 Å². The lowest BCUT2D eigenvalue weighted by Gasteiger charge is -2.01. The smallest absolute Gasteiger partial charge is 0.225 e. The van der Waals surface area contributed by atoms with Crippen molar-refractivity contribution < 1.29 is 12.6 Å². The summed E-state index contributed by atoms with van der Waals surface area (Å²) >= 11 is 5.12. The molecule has 7 heteroatoms. The van der Waals surface area contributed by atoms with Crippen LogP contribution in [0, 0.1) is 0 Å². The molecule has 0 bridgehead atoms. The van der Waals surface area contributed by atoms with Crippen molar-refractivity contribution in [2.75, 3.05) is 23.3 Å². The highest BCUT2D eigenvalue weighted by Gasteiger charge is 2.06. The Hall–Kier alpha value is 0.350. The first-order chi connectivity index (χ1) is 5.52. The molecule has 0 radical (unpaired) electrons. The fourth-order valence-electron chi connectivity index (χ4n) is 0.494. The van der Waals surface area contributed by atoms with E-state index in [1.165, 1.54) is 0 Å². The van der Waals surface area contributed by atoms with E-state index in [0.29, 0.717) is 11.5 Å². The largest absolute Gasteiger partial charge is 0.260 e. The SMILES string of the molecule is CCS(=O)CCNS(=O)(=O)CCl. The number of hydrogen-bond donors (Lipinski definition) is 1. The second kappa shape index (κ2) is 5.90. The van der Waals surface area contributed by atoms with E-state index in [1.807, 2.05) is 0 Å². The predicted molar refractivity (Wildman–Crippen MR) is 51.2 cm³/mol. The lowest BCUT2D eigenvalue weighted by atomic mass is 10.8. The minimum absolute atomic E-state index is 0.190. The van der Waals surface area contributed by atoms with Gasteiger partial charge in [-0.05, 0) is 0 Å². The van der Waals surface area contributed by atoms with Crippen LogP contribution in [0.1, 0.15) is 6.92 Å². The minimum Gasteiger partial charge on any atom is -0.260 e. The zero-order valence-corrected chi connectivity index (χ0v) is 9.14. The summed E-state index contributed by atoms with van der Waals surface area (Å²) < 4.78 is 34.5. The van der Waals surface area contributed by atoms with Crippen molar-refractivity contribution in [1.29, 1.82) is 0 Å². The van der Waals surface area contributed by atoms with E-state index in [0.717, 1.165) is 0 Å². The number of halogens is 1. The van der Waals surface area contributed by atoms with Crippen LogP contribution in [0.5, 0.6) is 0 Å². The molecule has 0 amide bonds. The number of sulfonamides is 1. The van der Waals surface area contributed by atoms with Crippen LogP contribution in [-0.4, -0.2) is 35.9 Å². The summed E-state index contributed by atoms with van der Waals surface area (Å²) in [7, 11) is -4.28. The van der Waals surface area contributed by atoms with Crippen LogP contribution in [0.25, 0.3) is 0 Å². The van der Waals surface area contributed by atoms with Gasteiger partial charge in [0, 0.05) is 28.9 Å². The molecular formula is C5H12ClNO3S2. The standard InChI is InChI=1S/C5H12ClNO3S2/c1-2-11(8)4-3-7-12(9,10)5-6/h7H,2-5H2,1H3. The van der Waals surface area contributed by atoms with Gasteiger partial charge in [-0.15, -0.1) is 11.6 Å². The molecule has 0 aliphatic carbocycles. The summed E-state index contributed by atoms with van der Waals surface area (Å²) in [6.45, 7) is 1.97. The number of nitrogens with one attached hydrogen (secondary N) is 1. The highest BCUT2D eigenvalue weighted by molar-refractivity contribution is 7.90. The third-order valence-corrected chi connectivity index (χ3v) is 4.21. The van der Waals surface area contributed by atoms with Crippen LogP contribution in [0.15, 0.2) is 0 Å². The molecule has 4 nitrogen and oxygen atoms in total. The van der Waals surface area contributed by atoms with Crippen LogP contribution >= 0.6 is 11.6 Å². The number of hydrogen-bond acceptors (Lipinski definition) is 3. The topological polar surface area (TPSA) is 63.2 Å². The van der Waals surface area contributed by atoms with E-state index >= 15 is 0 Å². The minimum atomic E-state index is -3.34. The normalized spacial score (nSPS) is 14.5. The molecule has 74 valence electrons. The maximum Gasteiger partial charge on any atom is 0.225 e. The van der Waals surface area contributed by atoms with E-state index in [1.54, 1.807) is 6.92 Å². The molecule has 0 spiro atoms. The second-order valence-corrected chi connectivity index (χ2v) is 6.31. The van der Waals surface area contributed by atoms with Gasteiger partial charge in [0.1, 0.15) is 5.21 Å². The van der Waals surface area contributed by atoms with Gasteiger partial charge in [0.05, 0.1) is 0 Å². The molecule has 0 aliphatic heterocycles. The highest BCUT2D eigenvalue weighted by atomic mass is 35.5. The van der Waals surface area contributed by atoms with Crippen LogP contribution in [0.3, 0.4) is 0 Å². The Bertz CT molecular complexity index is 239. The van der Waals surface area contributed by atoms with Gasteiger partial charge in [-0.2, -0.15) is 0 Å². The Morgan fingerprint density at radius 1 is 1.50 bits per heavy atom. The van der Waals surface area contributed by atoms with Crippen LogP contribution in [0.2, 0.25) is 0 Å². The van der Waals surface area contributed by atoms with Crippen LogP contribution in [0.4, 0.5) is 0 Å². The second-order valence-electron chi connectivity index (χ2n) is 2.05. The van der Waals surface area contributed by atoms with E-state index in [9.17, 15) is 12.6 Å². The first kappa shape index (κ1) is 12.3. The third-order valence-electron chi connectivity index (χ3n) is 1.12. The van der Waals surface area contributed by atoms with Gasteiger partial charge in [-0.25, -0.2) is 13.1 Å². The summed E-state index contributed by atoms with van der Waals surface area (Å²) in [5, 5.41) is -0.453. The van der Waals surface area contributed by atoms with Gasteiger partial charge in [-0.3, -0.25) is 4.21 Å². The van der Waals surface area contributed by atoms with Crippen molar-refractivity contribution in [3.8, 4) is 0 Å². The fraction of sp³-hybridized carbons (Fsp3) is 1.00. The maximum atomic E-state index is 10.8. The van der Waals surface area contributed by atoms with Crippen LogP contribution in [-0.2, 0) is 20.8 Å². The maximum absolute atomic E-state index is 10.8. The average molecular weight is 234 g/mol. The van der Waals surface area contributed by atoms with Crippen LogP contribution < -0.4 is 4.72 Å². The van der Waals surface area contributed by atoms with Gasteiger partial charge >= 0.3 is 0 Å². The Labute approximate surface area is 80.2 Å². The summed E-state index contributed by atoms with van der Waals surface area (Å²) in [4.78, 5) is 0. The monoisotopic (exact) mass is 233 g/mol. The zero-order valence-electron chi connectivity index (χ0n) is 6.75. The molecule has 0 saturated heterocycles. The number of rotatable bonds is 6. The first-order valence-corrected chi connectivity index (χ1v) is 7.07. The van der Waals surface area contributed by atoms with E-state index in [4.69, 9.17) is 11.6 Å². The van der Waals surface area contributed by atoms with E-state index in [2.05, 4.69) is 4.72 Å². The van der Waals surface area contributed by atoms with Gasteiger partial charge in [0.15, 0.2) is 0 Å². The molecule has 0 aliphatic rings. The average Bonchev–Trinajstić information content (AvgIpc) is 2.04. The fourth-order valence-corrected chi connectivity index (χ4v) is 1.96. The molecule has 0 aromatic rings. The number of alkyl halides is 1. The predicted octanol–water partition coefficient (Wildman–Crippen LogP) is -0.129. The Kier molecular flexibility index (Phi) is 6.08. The molecule has 1 unspecified atom stereocenters. The zero-order chi connectivity index (χ0) is 9.61. The van der Waals surface area contributed by atoms with Gasteiger partial charge in [0.25, 0.3) is 0 Å². The Morgan fingerprint density at radius 3 is 2.50 bits per heavy atom. The molecule has 1 atom stereocenters. The Morgan fingerprint density at radius 2 is 2.08 bits per heavy atom. The molecule has 0 rings (SSSR count). The quantitative estimate of drug-likeness (QED) is 0.651. The Balaban J connectivity index is 3.64. The highest BCUT2D eigenvalue weighted by Crippen LogP contribution is 1.87. The lowest BCUT2D eigenvalue weighted by Crippen LogP contribution is -2.28. The van der Waals surface area contributed by atoms with Crippen molar-refractivity contribution in [3.63, 3.8) is 0 Å². The molecule has 0 heterocycles. The lowest BCUT2D eigenvalue weighted by molar-refractivity contribution is 0.588. The van der Waals surface area contributed by atoms with Crippen molar-refractivity contribution in [3.05, 3.63) is 0 Å². The molecule has 0 fully saturated rings. The molecule has 0 aromatic heterocycles. The van der Waals surface area contributed by atoms with Gasteiger partial charge in [-0.1, -0.05) is 6.92 Å². The third kappa shape index (κ3) is 5.93. The molecule has 0 saturated carbocycles. The summed E-state index contributed by atoms with van der Waals surface area (Å²) in [5.74, 6) is 0.884. The van der Waals surface area contributed by atoms with Crippen molar-refractivity contribution in [1.82, 2.24) is 4.72 Å². The molecule has 12 heavy (non-hydrogen) atoms. The van der Waals surface area contributed by atoms with Gasteiger partial charge < -0.3 is 0 Å². The van der Waals surface area contributed by atoms with Crippen molar-refractivity contribution in [2.45, 2.75) is 6.92 Å². The summed E-state index contributed by atoms with van der Waals surface area (Å²) in [5.41, 5.74) is 0. The van der Waals surface area contributed by atoms with Gasteiger partial charge in [0.2, 0.25) is 10.0 Å². The van der Waals surface area contributed by atoms with E-state index < -0.39 is 26.0 Å². The van der Waals surface area contributed by atoms with E-state index in [-0.39, 0.29) is 6.54 Å². The molecule has 1 N–H and O–H groups in total.